The lowest BCUT2D eigenvalue weighted by atomic mass is 10.1. The van der Waals surface area contributed by atoms with Crippen LogP contribution in [0.25, 0.3) is 11.2 Å². The van der Waals surface area contributed by atoms with E-state index in [1.54, 1.807) is 0 Å². The number of rotatable bonds is 5. The molecule has 10 heteroatoms. The molecule has 1 saturated heterocycles. The number of thioether (sulfide) groups is 1. The van der Waals surface area contributed by atoms with Gasteiger partial charge in [-0.3, -0.25) is 4.57 Å². The lowest BCUT2D eigenvalue weighted by Crippen LogP contribution is -2.33. The van der Waals surface area contributed by atoms with Gasteiger partial charge in [0.1, 0.15) is 28.9 Å². The molecule has 0 radical (unpaired) electrons. The van der Waals surface area contributed by atoms with Crippen LogP contribution in [0.3, 0.4) is 0 Å². The van der Waals surface area contributed by atoms with E-state index < -0.39 is 31.1 Å². The van der Waals surface area contributed by atoms with Gasteiger partial charge in [-0.1, -0.05) is 41.6 Å². The van der Waals surface area contributed by atoms with Crippen molar-refractivity contribution in [3.05, 3.63) is 41.7 Å². The Balaban J connectivity index is 1.64. The summed E-state index contributed by atoms with van der Waals surface area (Å²) in [6.45, 7) is 1.63. The molecule has 4 unspecified atom stereocenters. The van der Waals surface area contributed by atoms with Gasteiger partial charge in [0, 0.05) is 5.75 Å². The Bertz CT molecular complexity index is 980. The quantitative estimate of drug-likeness (QED) is 0.356. The number of benzene rings is 1. The van der Waals surface area contributed by atoms with Crippen LogP contribution in [0.15, 0.2) is 35.6 Å². The molecule has 4 rings (SSSR count). The first-order valence-corrected chi connectivity index (χ1v) is 9.77. The number of aromatic nitrogens is 4. The summed E-state index contributed by atoms with van der Waals surface area (Å²) in [5.41, 5.74) is 9.15. The third-order valence-electron chi connectivity index (χ3n) is 4.69. The number of hydrogen-bond donors (Lipinski definition) is 4. The van der Waals surface area contributed by atoms with Crippen molar-refractivity contribution < 1.29 is 20.1 Å². The third kappa shape index (κ3) is 3.45. The molecule has 28 heavy (non-hydrogen) atoms. The van der Waals surface area contributed by atoms with Crippen molar-refractivity contribution in [1.29, 1.82) is 0 Å². The molecule has 9 nitrogen and oxygen atoms in total. The minimum atomic E-state index is -1.23. The van der Waals surface area contributed by atoms with Gasteiger partial charge in [0.25, 0.3) is 0 Å². The molecule has 1 aromatic carbocycles. The average Bonchev–Trinajstić information content (AvgIpc) is 3.22. The number of fused-ring (bicyclic) bond motifs is 1. The Labute approximate surface area is 165 Å². The molecule has 0 amide bonds. The van der Waals surface area contributed by atoms with Gasteiger partial charge in [-0.15, -0.1) is 0 Å². The zero-order valence-electron chi connectivity index (χ0n) is 15.1. The first-order chi connectivity index (χ1) is 13.5. The van der Waals surface area contributed by atoms with Crippen LogP contribution in [0, 0.1) is 6.92 Å². The monoisotopic (exact) mass is 403 g/mol. The van der Waals surface area contributed by atoms with Crippen molar-refractivity contribution in [3.8, 4) is 0 Å². The average molecular weight is 403 g/mol. The standard InChI is InChI=1S/C18H21N5O4S/c1-9-2-4-10(5-3-9)7-28-16-12-15(21-18(19)22-16)23(8-20-12)17-14(26)13(25)11(6-24)27-17/h2-5,8,11,13-14,17,24-26H,6-7H2,1H3,(H2,19,21,22). The number of anilines is 1. The van der Waals surface area contributed by atoms with Crippen molar-refractivity contribution in [2.75, 3.05) is 12.3 Å². The fourth-order valence-electron chi connectivity index (χ4n) is 3.14. The highest BCUT2D eigenvalue weighted by Crippen LogP contribution is 2.34. The highest BCUT2D eigenvalue weighted by molar-refractivity contribution is 7.98. The molecule has 3 aromatic rings. The van der Waals surface area contributed by atoms with Gasteiger partial charge in [-0.05, 0) is 12.5 Å². The predicted octanol–water partition coefficient (Wildman–Crippen LogP) is 0.621. The van der Waals surface area contributed by atoms with Crippen LogP contribution < -0.4 is 5.73 Å². The van der Waals surface area contributed by atoms with E-state index in [4.69, 9.17) is 10.5 Å². The van der Waals surface area contributed by atoms with Crippen LogP contribution in [0.4, 0.5) is 5.95 Å². The van der Waals surface area contributed by atoms with E-state index in [1.165, 1.54) is 28.2 Å². The number of ether oxygens (including phenoxy) is 1. The number of aliphatic hydroxyl groups excluding tert-OH is 3. The number of imidazole rings is 1. The summed E-state index contributed by atoms with van der Waals surface area (Å²) in [7, 11) is 0. The lowest BCUT2D eigenvalue weighted by Gasteiger charge is -2.16. The van der Waals surface area contributed by atoms with Gasteiger partial charge in [0.2, 0.25) is 5.95 Å². The second-order valence-electron chi connectivity index (χ2n) is 6.71. The van der Waals surface area contributed by atoms with E-state index in [1.807, 2.05) is 6.92 Å². The van der Waals surface area contributed by atoms with E-state index >= 15 is 0 Å². The van der Waals surface area contributed by atoms with Crippen LogP contribution in [-0.2, 0) is 10.5 Å². The number of aliphatic hydroxyl groups is 3. The Morgan fingerprint density at radius 3 is 2.61 bits per heavy atom. The minimum Gasteiger partial charge on any atom is -0.394 e. The number of nitrogens with zero attached hydrogens (tertiary/aromatic N) is 4. The maximum Gasteiger partial charge on any atom is 0.223 e. The van der Waals surface area contributed by atoms with Crippen molar-refractivity contribution in [3.63, 3.8) is 0 Å². The van der Waals surface area contributed by atoms with Crippen LogP contribution >= 0.6 is 11.8 Å². The summed E-state index contributed by atoms with van der Waals surface area (Å²) in [5.74, 6) is 0.763. The van der Waals surface area contributed by atoms with Crippen LogP contribution in [0.1, 0.15) is 17.4 Å². The van der Waals surface area contributed by atoms with Gasteiger partial charge in [0.15, 0.2) is 11.9 Å². The summed E-state index contributed by atoms with van der Waals surface area (Å²) in [6, 6.07) is 8.22. The molecule has 0 saturated carbocycles. The molecule has 1 aliphatic heterocycles. The molecule has 148 valence electrons. The van der Waals surface area contributed by atoms with Gasteiger partial charge >= 0.3 is 0 Å². The van der Waals surface area contributed by atoms with Gasteiger partial charge in [-0.25, -0.2) is 9.97 Å². The predicted molar refractivity (Wildman–Crippen MR) is 103 cm³/mol. The van der Waals surface area contributed by atoms with E-state index in [9.17, 15) is 15.3 Å². The summed E-state index contributed by atoms with van der Waals surface area (Å²) >= 11 is 1.49. The summed E-state index contributed by atoms with van der Waals surface area (Å²) < 4.78 is 7.08. The highest BCUT2D eigenvalue weighted by atomic mass is 32.2. The van der Waals surface area contributed by atoms with E-state index in [2.05, 4.69) is 39.2 Å². The maximum absolute atomic E-state index is 10.3. The van der Waals surface area contributed by atoms with E-state index in [0.717, 1.165) is 5.56 Å². The molecule has 0 aliphatic carbocycles. The molecule has 0 bridgehead atoms. The van der Waals surface area contributed by atoms with Crippen molar-refractivity contribution >= 4 is 28.9 Å². The van der Waals surface area contributed by atoms with Gasteiger partial charge in [-0.2, -0.15) is 4.98 Å². The smallest absolute Gasteiger partial charge is 0.223 e. The van der Waals surface area contributed by atoms with Gasteiger partial charge in [0.05, 0.1) is 12.9 Å². The number of aryl methyl sites for hydroxylation is 1. The first-order valence-electron chi connectivity index (χ1n) is 8.78. The number of nitrogens with two attached hydrogens (primary N) is 1. The second kappa shape index (κ2) is 7.64. The van der Waals surface area contributed by atoms with Crippen LogP contribution in [0.5, 0.6) is 0 Å². The normalized spacial score (nSPS) is 24.9. The Kier molecular flexibility index (Phi) is 5.21. The van der Waals surface area contributed by atoms with Crippen molar-refractivity contribution in [2.24, 2.45) is 0 Å². The molecular formula is C18H21N5O4S. The first kappa shape index (κ1) is 19.1. The summed E-state index contributed by atoms with van der Waals surface area (Å²) in [5, 5.41) is 30.2. The van der Waals surface area contributed by atoms with Crippen molar-refractivity contribution in [1.82, 2.24) is 19.5 Å². The number of nitrogen functional groups attached to an aromatic ring is 1. The van der Waals surface area contributed by atoms with Crippen LogP contribution in [-0.4, -0.2) is 59.8 Å². The fourth-order valence-corrected chi connectivity index (χ4v) is 4.07. The third-order valence-corrected chi connectivity index (χ3v) is 5.73. The van der Waals surface area contributed by atoms with Gasteiger partial charge < -0.3 is 25.8 Å². The molecule has 5 N–H and O–H groups in total. The van der Waals surface area contributed by atoms with Crippen LogP contribution in [0.2, 0.25) is 0 Å². The maximum atomic E-state index is 10.3. The van der Waals surface area contributed by atoms with Crippen molar-refractivity contribution in [2.45, 2.75) is 42.2 Å². The Morgan fingerprint density at radius 1 is 1.18 bits per heavy atom. The Morgan fingerprint density at radius 2 is 1.93 bits per heavy atom. The zero-order valence-corrected chi connectivity index (χ0v) is 16.0. The highest BCUT2D eigenvalue weighted by Gasteiger charge is 2.44. The SMILES string of the molecule is Cc1ccc(CSc2nc(N)nc3c2ncn3C2OC(CO)C(O)C2O)cc1. The topological polar surface area (TPSA) is 140 Å². The molecular weight excluding hydrogens is 382 g/mol. The molecule has 2 aromatic heterocycles. The fraction of sp³-hybridized carbons (Fsp3) is 0.389. The summed E-state index contributed by atoms with van der Waals surface area (Å²) in [4.78, 5) is 12.9. The van der Waals surface area contributed by atoms with E-state index in [0.29, 0.717) is 21.9 Å². The largest absolute Gasteiger partial charge is 0.394 e. The molecule has 1 fully saturated rings. The molecule has 3 heterocycles. The molecule has 1 aliphatic rings. The molecule has 4 atom stereocenters. The second-order valence-corrected chi connectivity index (χ2v) is 7.68. The number of hydrogen-bond acceptors (Lipinski definition) is 9. The summed E-state index contributed by atoms with van der Waals surface area (Å²) in [6.07, 6.45) is -2.78. The van der Waals surface area contributed by atoms with E-state index in [-0.39, 0.29) is 5.95 Å². The lowest BCUT2D eigenvalue weighted by molar-refractivity contribution is -0.0511. The molecule has 0 spiro atoms. The minimum absolute atomic E-state index is 0.0763. The zero-order chi connectivity index (χ0) is 19.8. The Hall–Kier alpha value is -2.24.